The lowest BCUT2D eigenvalue weighted by atomic mass is 10.0. The maximum atomic E-state index is 5.61. The molecule has 1 atom stereocenters. The molecule has 16 heavy (non-hydrogen) atoms. The first kappa shape index (κ1) is 15.6. The van der Waals surface area contributed by atoms with E-state index in [0.717, 1.165) is 25.2 Å². The molecule has 94 valence electrons. The van der Waals surface area contributed by atoms with Gasteiger partial charge < -0.3 is 10.6 Å². The van der Waals surface area contributed by atoms with E-state index < -0.39 is 0 Å². The zero-order valence-electron chi connectivity index (χ0n) is 10.9. The van der Waals surface area contributed by atoms with Gasteiger partial charge in [-0.2, -0.15) is 12.6 Å². The SMILES string of the molecule is C=C(CS)N(CCN)CC(C)/C(C)=C\CC. The van der Waals surface area contributed by atoms with Crippen LogP contribution in [0.2, 0.25) is 0 Å². The standard InChI is InChI=1S/C13H26N2S/c1-5-6-11(2)12(3)9-15(8-7-14)13(4)10-16/h6,12,16H,4-5,7-10,14H2,1-3H3/b11-6-. The summed E-state index contributed by atoms with van der Waals surface area (Å²) >= 11 is 4.27. The fraction of sp³-hybridized carbons (Fsp3) is 0.692. The minimum atomic E-state index is 0.545. The summed E-state index contributed by atoms with van der Waals surface area (Å²) in [4.78, 5) is 2.24. The number of nitrogens with two attached hydrogens (primary N) is 1. The molecule has 0 aromatic carbocycles. The third-order valence-electron chi connectivity index (χ3n) is 2.83. The smallest absolute Gasteiger partial charge is 0.0298 e. The number of thiol groups is 1. The monoisotopic (exact) mass is 242 g/mol. The lowest BCUT2D eigenvalue weighted by Crippen LogP contribution is -2.33. The lowest BCUT2D eigenvalue weighted by molar-refractivity contribution is 0.322. The molecule has 0 saturated heterocycles. The summed E-state index contributed by atoms with van der Waals surface area (Å²) in [6, 6.07) is 0. The summed E-state index contributed by atoms with van der Waals surface area (Å²) in [5.41, 5.74) is 8.11. The van der Waals surface area contributed by atoms with E-state index in [2.05, 4.69) is 51.0 Å². The molecule has 0 spiro atoms. The van der Waals surface area contributed by atoms with Crippen molar-refractivity contribution < 1.29 is 0 Å². The number of allylic oxidation sites excluding steroid dienone is 1. The van der Waals surface area contributed by atoms with E-state index in [9.17, 15) is 0 Å². The predicted molar refractivity (Wildman–Crippen MR) is 76.8 cm³/mol. The van der Waals surface area contributed by atoms with E-state index in [1.165, 1.54) is 5.57 Å². The first-order valence-corrected chi connectivity index (χ1v) is 6.60. The second kappa shape index (κ2) is 8.71. The van der Waals surface area contributed by atoms with Gasteiger partial charge in [0.1, 0.15) is 0 Å². The van der Waals surface area contributed by atoms with Crippen LogP contribution in [0.25, 0.3) is 0 Å². The molecular formula is C13H26N2S. The van der Waals surface area contributed by atoms with Crippen LogP contribution in [0.5, 0.6) is 0 Å². The average Bonchev–Trinajstić information content (AvgIpc) is 2.27. The number of nitrogens with zero attached hydrogens (tertiary/aromatic N) is 1. The van der Waals surface area contributed by atoms with Crippen molar-refractivity contribution in [3.05, 3.63) is 23.9 Å². The Balaban J connectivity index is 4.38. The van der Waals surface area contributed by atoms with Crippen LogP contribution in [0.4, 0.5) is 0 Å². The van der Waals surface area contributed by atoms with E-state index in [0.29, 0.717) is 18.2 Å². The van der Waals surface area contributed by atoms with Crippen LogP contribution in [-0.2, 0) is 0 Å². The van der Waals surface area contributed by atoms with Crippen molar-refractivity contribution in [3.63, 3.8) is 0 Å². The Morgan fingerprint density at radius 1 is 1.56 bits per heavy atom. The van der Waals surface area contributed by atoms with E-state index in [1.54, 1.807) is 0 Å². The van der Waals surface area contributed by atoms with E-state index in [-0.39, 0.29) is 0 Å². The van der Waals surface area contributed by atoms with Crippen LogP contribution in [0.15, 0.2) is 23.9 Å². The third kappa shape index (κ3) is 5.61. The molecule has 2 nitrogen and oxygen atoms in total. The van der Waals surface area contributed by atoms with Gasteiger partial charge in [-0.1, -0.05) is 32.1 Å². The molecule has 0 aliphatic carbocycles. The van der Waals surface area contributed by atoms with Gasteiger partial charge in [-0.3, -0.25) is 0 Å². The Hall–Kier alpha value is -0.410. The van der Waals surface area contributed by atoms with Crippen molar-refractivity contribution in [1.82, 2.24) is 4.90 Å². The molecule has 0 bridgehead atoms. The lowest BCUT2D eigenvalue weighted by Gasteiger charge is -2.29. The van der Waals surface area contributed by atoms with Gasteiger partial charge in [0.25, 0.3) is 0 Å². The van der Waals surface area contributed by atoms with Crippen LogP contribution >= 0.6 is 12.6 Å². The molecule has 0 heterocycles. The van der Waals surface area contributed by atoms with Crippen molar-refractivity contribution in [1.29, 1.82) is 0 Å². The number of hydrogen-bond donors (Lipinski definition) is 2. The minimum Gasteiger partial charge on any atom is -0.373 e. The van der Waals surface area contributed by atoms with Gasteiger partial charge in [0.05, 0.1) is 0 Å². The van der Waals surface area contributed by atoms with Gasteiger partial charge in [0.2, 0.25) is 0 Å². The Labute approximate surface area is 106 Å². The zero-order valence-corrected chi connectivity index (χ0v) is 11.8. The summed E-state index contributed by atoms with van der Waals surface area (Å²) in [7, 11) is 0. The maximum absolute atomic E-state index is 5.61. The molecule has 0 radical (unpaired) electrons. The zero-order chi connectivity index (χ0) is 12.6. The summed E-state index contributed by atoms with van der Waals surface area (Å²) < 4.78 is 0. The summed E-state index contributed by atoms with van der Waals surface area (Å²) in [5.74, 6) is 1.24. The molecule has 0 aromatic heterocycles. The predicted octanol–water partition coefficient (Wildman–Crippen LogP) is 2.68. The third-order valence-corrected chi connectivity index (χ3v) is 3.19. The van der Waals surface area contributed by atoms with Crippen molar-refractivity contribution in [2.45, 2.75) is 27.2 Å². The molecule has 0 saturated carbocycles. The van der Waals surface area contributed by atoms with Crippen molar-refractivity contribution in [2.24, 2.45) is 11.7 Å². The summed E-state index contributed by atoms with van der Waals surface area (Å²) in [6.07, 6.45) is 3.38. The van der Waals surface area contributed by atoms with E-state index in [1.807, 2.05) is 0 Å². The van der Waals surface area contributed by atoms with Crippen LogP contribution in [0, 0.1) is 5.92 Å². The molecule has 3 heteroatoms. The second-order valence-electron chi connectivity index (χ2n) is 4.22. The summed E-state index contributed by atoms with van der Waals surface area (Å²) in [5, 5.41) is 0. The highest BCUT2D eigenvalue weighted by Gasteiger charge is 2.11. The van der Waals surface area contributed by atoms with Gasteiger partial charge in [-0.15, -0.1) is 0 Å². The molecule has 1 unspecified atom stereocenters. The Kier molecular flexibility index (Phi) is 8.49. The molecular weight excluding hydrogens is 216 g/mol. The maximum Gasteiger partial charge on any atom is 0.0298 e. The normalized spacial score (nSPS) is 13.7. The summed E-state index contributed by atoms with van der Waals surface area (Å²) in [6.45, 7) is 13.1. The highest BCUT2D eigenvalue weighted by atomic mass is 32.1. The largest absolute Gasteiger partial charge is 0.373 e. The van der Waals surface area contributed by atoms with E-state index in [4.69, 9.17) is 5.73 Å². The van der Waals surface area contributed by atoms with Gasteiger partial charge in [-0.05, 0) is 19.3 Å². The Morgan fingerprint density at radius 2 is 2.19 bits per heavy atom. The molecule has 0 aromatic rings. The molecule has 0 rings (SSSR count). The van der Waals surface area contributed by atoms with Crippen LogP contribution in [-0.4, -0.2) is 30.3 Å². The van der Waals surface area contributed by atoms with Gasteiger partial charge >= 0.3 is 0 Å². The quantitative estimate of drug-likeness (QED) is 0.506. The van der Waals surface area contributed by atoms with Gasteiger partial charge in [0, 0.05) is 31.1 Å². The van der Waals surface area contributed by atoms with Gasteiger partial charge in [-0.25, -0.2) is 0 Å². The van der Waals surface area contributed by atoms with Crippen LogP contribution in [0.3, 0.4) is 0 Å². The molecule has 0 aliphatic rings. The topological polar surface area (TPSA) is 29.3 Å². The Bertz CT molecular complexity index is 236. The first-order valence-electron chi connectivity index (χ1n) is 5.97. The van der Waals surface area contributed by atoms with Crippen LogP contribution < -0.4 is 5.73 Å². The van der Waals surface area contributed by atoms with Crippen molar-refractivity contribution >= 4 is 12.6 Å². The van der Waals surface area contributed by atoms with Crippen LogP contribution in [0.1, 0.15) is 27.2 Å². The fourth-order valence-corrected chi connectivity index (χ4v) is 1.83. The fourth-order valence-electron chi connectivity index (χ4n) is 1.63. The number of hydrogen-bond acceptors (Lipinski definition) is 3. The molecule has 0 amide bonds. The minimum absolute atomic E-state index is 0.545. The van der Waals surface area contributed by atoms with E-state index >= 15 is 0 Å². The average molecular weight is 242 g/mol. The molecule has 2 N–H and O–H groups in total. The molecule has 0 fully saturated rings. The number of rotatable bonds is 8. The second-order valence-corrected chi connectivity index (χ2v) is 4.53. The highest BCUT2D eigenvalue weighted by Crippen LogP contribution is 2.15. The highest BCUT2D eigenvalue weighted by molar-refractivity contribution is 7.80. The van der Waals surface area contributed by atoms with Crippen molar-refractivity contribution in [3.8, 4) is 0 Å². The first-order chi connectivity index (χ1) is 7.56. The Morgan fingerprint density at radius 3 is 2.62 bits per heavy atom. The van der Waals surface area contributed by atoms with Crippen molar-refractivity contribution in [2.75, 3.05) is 25.4 Å². The molecule has 0 aliphatic heterocycles. The van der Waals surface area contributed by atoms with Gasteiger partial charge in [0.15, 0.2) is 0 Å².